The molecule has 122 valence electrons. The van der Waals surface area contributed by atoms with Gasteiger partial charge in [-0.2, -0.15) is 0 Å². The molecule has 1 amide bonds. The fraction of sp³-hybridized carbons (Fsp3) is 0. The molecule has 0 saturated carbocycles. The van der Waals surface area contributed by atoms with E-state index in [-0.39, 0.29) is 0 Å². The molecule has 0 spiro atoms. The van der Waals surface area contributed by atoms with Gasteiger partial charge >= 0.3 is 6.03 Å². The first-order valence-corrected chi connectivity index (χ1v) is 7.03. The molecule has 0 bridgehead atoms. The van der Waals surface area contributed by atoms with Crippen molar-refractivity contribution in [3.05, 3.63) is 97.3 Å². The Labute approximate surface area is 140 Å². The van der Waals surface area contributed by atoms with Crippen molar-refractivity contribution in [3.8, 4) is 0 Å². The van der Waals surface area contributed by atoms with Crippen molar-refractivity contribution in [2.24, 2.45) is 5.73 Å². The second-order valence-electron chi connectivity index (χ2n) is 4.03. The monoisotopic (exact) mass is 322 g/mol. The van der Waals surface area contributed by atoms with Crippen LogP contribution < -0.4 is 5.73 Å². The van der Waals surface area contributed by atoms with Gasteiger partial charge in [-0.1, -0.05) is 77.6 Å². The van der Waals surface area contributed by atoms with Gasteiger partial charge in [0.15, 0.2) is 0 Å². The Morgan fingerprint density at radius 3 is 1.17 bits per heavy atom. The maximum absolute atomic E-state index is 11.1. The fourth-order valence-electron chi connectivity index (χ4n) is 1.21. The largest absolute Gasteiger partial charge is 0.359 e. The number of carbonyl (C=O) groups is 1. The standard InChI is InChI=1S/C17H18N6O/c18-17(24)23-21-19-15-13-11-9-7-5-3-1-2-4-6-8-10-12-14-16-20-22-23/h1-16H,(H2,18,24). The van der Waals surface area contributed by atoms with Crippen molar-refractivity contribution in [3.63, 3.8) is 0 Å². The summed E-state index contributed by atoms with van der Waals surface area (Å²) < 4.78 is 0. The SMILES string of the molecule is NC(=O)n1nnccccccccccccccccnn1. The first-order chi connectivity index (χ1) is 11.8. The van der Waals surface area contributed by atoms with Gasteiger partial charge in [-0.3, -0.25) is 0 Å². The van der Waals surface area contributed by atoms with Gasteiger partial charge in [0.1, 0.15) is 0 Å². The minimum atomic E-state index is -0.891. The molecule has 1 aromatic rings. The van der Waals surface area contributed by atoms with Gasteiger partial charge in [0, 0.05) is 0 Å². The summed E-state index contributed by atoms with van der Waals surface area (Å²) in [4.78, 5) is 11.7. The van der Waals surface area contributed by atoms with Crippen molar-refractivity contribution >= 4 is 6.03 Å². The number of amides is 1. The van der Waals surface area contributed by atoms with Gasteiger partial charge in [-0.15, -0.1) is 10.2 Å². The zero-order chi connectivity index (χ0) is 17.3. The lowest BCUT2D eigenvalue weighted by molar-refractivity contribution is 0.241. The molecule has 0 atom stereocenters. The zero-order valence-corrected chi connectivity index (χ0v) is 13.0. The maximum atomic E-state index is 11.1. The highest BCUT2D eigenvalue weighted by molar-refractivity contribution is 5.71. The third kappa shape index (κ3) is 10.2. The van der Waals surface area contributed by atoms with Crippen LogP contribution >= 0.6 is 0 Å². The van der Waals surface area contributed by atoms with Gasteiger partial charge in [-0.05, 0) is 22.6 Å². The van der Waals surface area contributed by atoms with Gasteiger partial charge in [-0.25, -0.2) is 4.79 Å². The molecule has 1 aromatic heterocycles. The number of carbonyl (C=O) groups excluding carboxylic acids is 1. The molecule has 0 radical (unpaired) electrons. The Hall–Kier alpha value is -3.61. The molecule has 1 rings (SSSR count). The van der Waals surface area contributed by atoms with Gasteiger partial charge in [0.05, 0.1) is 12.4 Å². The van der Waals surface area contributed by atoms with E-state index in [1.165, 1.54) is 12.4 Å². The Balaban J connectivity index is 3.24. The number of hydrogen-bond acceptors (Lipinski definition) is 5. The van der Waals surface area contributed by atoms with Crippen molar-refractivity contribution < 1.29 is 4.79 Å². The Bertz CT molecular complexity index is 690. The highest BCUT2D eigenvalue weighted by Crippen LogP contribution is 1.78. The van der Waals surface area contributed by atoms with E-state index in [1.54, 1.807) is 24.3 Å². The molecule has 1 heterocycles. The molecule has 0 aliphatic carbocycles. The lowest BCUT2D eigenvalue weighted by Gasteiger charge is -1.87. The van der Waals surface area contributed by atoms with Crippen molar-refractivity contribution in [2.45, 2.75) is 0 Å². The van der Waals surface area contributed by atoms with E-state index >= 15 is 0 Å². The van der Waals surface area contributed by atoms with Crippen LogP contribution in [0.1, 0.15) is 0 Å². The molecule has 0 aliphatic rings. The third-order valence-electron chi connectivity index (χ3n) is 2.22. The Morgan fingerprint density at radius 1 is 0.583 bits per heavy atom. The summed E-state index contributed by atoms with van der Waals surface area (Å²) in [6.45, 7) is 0. The third-order valence-corrected chi connectivity index (χ3v) is 2.22. The average Bonchev–Trinajstić information content (AvgIpc) is 2.57. The smallest absolute Gasteiger partial charge is 0.348 e. The first kappa shape index (κ1) is 18.4. The van der Waals surface area contributed by atoms with Crippen molar-refractivity contribution in [2.75, 3.05) is 0 Å². The summed E-state index contributed by atoms with van der Waals surface area (Å²) in [5, 5.41) is 14.3. The number of nitrogens with zero attached hydrogens (tertiary/aromatic N) is 5. The predicted molar refractivity (Wildman–Crippen MR) is 91.1 cm³/mol. The highest BCUT2D eigenvalue weighted by Gasteiger charge is 1.93. The quantitative estimate of drug-likeness (QED) is 0.791. The first-order valence-electron chi connectivity index (χ1n) is 7.03. The number of hydrogen-bond donors (Lipinski definition) is 1. The molecule has 2 N–H and O–H groups in total. The van der Waals surface area contributed by atoms with Crippen LogP contribution in [0.25, 0.3) is 0 Å². The van der Waals surface area contributed by atoms with E-state index in [9.17, 15) is 4.79 Å². The maximum Gasteiger partial charge on any atom is 0.359 e. The van der Waals surface area contributed by atoms with E-state index in [2.05, 4.69) is 20.6 Å². The van der Waals surface area contributed by atoms with Crippen LogP contribution in [0.2, 0.25) is 0 Å². The van der Waals surface area contributed by atoms with Crippen LogP contribution in [-0.4, -0.2) is 31.5 Å². The molecule has 7 heteroatoms. The lowest BCUT2D eigenvalue weighted by atomic mass is 10.4. The normalized spacial score (nSPS) is 8.33. The minimum absolute atomic E-state index is 0.583. The van der Waals surface area contributed by atoms with E-state index in [0.717, 1.165) is 0 Å². The number of rotatable bonds is 0. The van der Waals surface area contributed by atoms with Crippen LogP contribution in [0, 0.1) is 0 Å². The average molecular weight is 322 g/mol. The second kappa shape index (κ2) is 13.1. The molecular formula is C17H18N6O. The molecule has 0 fully saturated rings. The fourth-order valence-corrected chi connectivity index (χ4v) is 1.21. The molecular weight excluding hydrogens is 304 g/mol. The Kier molecular flexibility index (Phi) is 10.0. The molecule has 0 saturated heterocycles. The summed E-state index contributed by atoms with van der Waals surface area (Å²) >= 11 is 0. The lowest BCUT2D eigenvalue weighted by Crippen LogP contribution is -2.24. The van der Waals surface area contributed by atoms with Gasteiger partial charge < -0.3 is 5.73 Å². The minimum Gasteiger partial charge on any atom is -0.348 e. The van der Waals surface area contributed by atoms with Crippen molar-refractivity contribution in [1.29, 1.82) is 0 Å². The molecule has 7 nitrogen and oxygen atoms in total. The van der Waals surface area contributed by atoms with Crippen LogP contribution in [0.3, 0.4) is 0 Å². The van der Waals surface area contributed by atoms with Gasteiger partial charge in [0.2, 0.25) is 0 Å². The predicted octanol–water partition coefficient (Wildman–Crippen LogP) is 2.49. The summed E-state index contributed by atoms with van der Waals surface area (Å²) in [7, 11) is 0. The summed E-state index contributed by atoms with van der Waals surface area (Å²) in [6.07, 6.45) is 2.78. The van der Waals surface area contributed by atoms with E-state index < -0.39 is 6.03 Å². The van der Waals surface area contributed by atoms with Crippen LogP contribution in [0.5, 0.6) is 0 Å². The highest BCUT2D eigenvalue weighted by atomic mass is 16.2. The molecule has 24 heavy (non-hydrogen) atoms. The van der Waals surface area contributed by atoms with Crippen LogP contribution in [0.4, 0.5) is 4.79 Å². The second-order valence-corrected chi connectivity index (χ2v) is 4.03. The van der Waals surface area contributed by atoms with Crippen LogP contribution in [-0.2, 0) is 0 Å². The molecule has 0 unspecified atom stereocenters. The Morgan fingerprint density at radius 2 is 0.875 bits per heavy atom. The number of aromatic nitrogens is 5. The van der Waals surface area contributed by atoms with E-state index in [0.29, 0.717) is 4.80 Å². The van der Waals surface area contributed by atoms with Crippen molar-refractivity contribution in [1.82, 2.24) is 25.4 Å². The van der Waals surface area contributed by atoms with E-state index in [1.807, 2.05) is 60.7 Å². The number of nitrogens with two attached hydrogens (primary N) is 1. The van der Waals surface area contributed by atoms with Crippen LogP contribution in [0.15, 0.2) is 97.3 Å². The summed E-state index contributed by atoms with van der Waals surface area (Å²) in [5.41, 5.74) is 5.11. The number of primary amides is 1. The van der Waals surface area contributed by atoms with E-state index in [4.69, 9.17) is 5.73 Å². The zero-order valence-electron chi connectivity index (χ0n) is 13.0. The topological polar surface area (TPSA) is 99.6 Å². The molecule has 0 aliphatic heterocycles. The summed E-state index contributed by atoms with van der Waals surface area (Å²) in [6, 6.07) is 24.7. The van der Waals surface area contributed by atoms with Gasteiger partial charge in [0.25, 0.3) is 0 Å². The summed E-state index contributed by atoms with van der Waals surface area (Å²) in [5.74, 6) is 0. The molecule has 0 aromatic carbocycles.